The molecule has 0 saturated carbocycles. The molecule has 0 aliphatic rings. The number of ether oxygens (including phenoxy) is 2. The van der Waals surface area contributed by atoms with Crippen LogP contribution in [0.2, 0.25) is 0 Å². The van der Waals surface area contributed by atoms with Crippen LogP contribution in [0.4, 0.5) is 13.2 Å². The van der Waals surface area contributed by atoms with Crippen molar-refractivity contribution in [3.05, 3.63) is 48.0 Å². The van der Waals surface area contributed by atoms with Crippen LogP contribution < -0.4 is 9.47 Å². The van der Waals surface area contributed by atoms with Crippen molar-refractivity contribution in [2.45, 2.75) is 6.36 Å². The van der Waals surface area contributed by atoms with Crippen LogP contribution in [0.15, 0.2) is 42.5 Å². The van der Waals surface area contributed by atoms with Crippen LogP contribution in [0.3, 0.4) is 0 Å². The van der Waals surface area contributed by atoms with Crippen LogP contribution >= 0.6 is 0 Å². The average Bonchev–Trinajstić information content (AvgIpc) is 2.45. The van der Waals surface area contributed by atoms with Crippen molar-refractivity contribution in [3.63, 3.8) is 0 Å². The summed E-state index contributed by atoms with van der Waals surface area (Å²) in [4.78, 5) is 10.9. The van der Waals surface area contributed by atoms with Gasteiger partial charge in [0, 0.05) is 5.56 Å². The van der Waals surface area contributed by atoms with E-state index >= 15 is 0 Å². The van der Waals surface area contributed by atoms with Crippen molar-refractivity contribution in [2.75, 3.05) is 7.11 Å². The number of benzene rings is 2. The summed E-state index contributed by atoms with van der Waals surface area (Å²) in [6.07, 6.45) is -4.34. The van der Waals surface area contributed by atoms with Gasteiger partial charge in [0.1, 0.15) is 17.8 Å². The van der Waals surface area contributed by atoms with Crippen molar-refractivity contribution in [2.24, 2.45) is 0 Å². The first kappa shape index (κ1) is 14.9. The molecule has 3 nitrogen and oxygen atoms in total. The lowest BCUT2D eigenvalue weighted by atomic mass is 10.0. The van der Waals surface area contributed by atoms with Gasteiger partial charge in [0.2, 0.25) is 0 Å². The van der Waals surface area contributed by atoms with Crippen LogP contribution in [0.1, 0.15) is 10.4 Å². The van der Waals surface area contributed by atoms with Gasteiger partial charge in [0.15, 0.2) is 0 Å². The zero-order chi connectivity index (χ0) is 15.5. The Bertz CT molecular complexity index is 634. The number of carbonyl (C=O) groups excluding carboxylic acids is 1. The largest absolute Gasteiger partial charge is 0.573 e. The summed E-state index contributed by atoms with van der Waals surface area (Å²) >= 11 is 0. The fourth-order valence-corrected chi connectivity index (χ4v) is 1.83. The number of methoxy groups -OCH3 is 1. The summed E-state index contributed by atoms with van der Waals surface area (Å²) < 4.78 is 45.7. The third-order valence-electron chi connectivity index (χ3n) is 2.72. The Morgan fingerprint density at radius 3 is 2.14 bits per heavy atom. The molecule has 0 aliphatic heterocycles. The van der Waals surface area contributed by atoms with Gasteiger partial charge >= 0.3 is 6.36 Å². The van der Waals surface area contributed by atoms with Crippen molar-refractivity contribution < 1.29 is 27.4 Å². The van der Waals surface area contributed by atoms with Crippen LogP contribution in [0.25, 0.3) is 11.1 Å². The molecule has 0 radical (unpaired) electrons. The second-order valence-electron chi connectivity index (χ2n) is 4.18. The van der Waals surface area contributed by atoms with E-state index in [-0.39, 0.29) is 5.56 Å². The van der Waals surface area contributed by atoms with E-state index in [4.69, 9.17) is 4.74 Å². The molecule has 6 heteroatoms. The first-order valence-electron chi connectivity index (χ1n) is 5.92. The number of halogens is 3. The van der Waals surface area contributed by atoms with Crippen LogP contribution in [-0.4, -0.2) is 19.8 Å². The van der Waals surface area contributed by atoms with Gasteiger partial charge in [-0.1, -0.05) is 12.1 Å². The first-order valence-corrected chi connectivity index (χ1v) is 5.92. The molecule has 0 bridgehead atoms. The highest BCUT2D eigenvalue weighted by atomic mass is 19.4. The minimum atomic E-state index is -4.81. The third kappa shape index (κ3) is 3.98. The Morgan fingerprint density at radius 1 is 0.952 bits per heavy atom. The molecule has 0 aliphatic carbocycles. The van der Waals surface area contributed by atoms with Gasteiger partial charge in [0.25, 0.3) is 0 Å². The Balaban J connectivity index is 2.42. The molecule has 110 valence electrons. The standard InChI is InChI=1S/C15H11F3O3/c1-20-13-4-2-11(3-5-13)12-6-10(9-19)7-14(8-12)21-15(16,17)18/h2-9H,1H3. The maximum atomic E-state index is 12.3. The van der Waals surface area contributed by atoms with Gasteiger partial charge in [-0.3, -0.25) is 4.79 Å². The first-order chi connectivity index (χ1) is 9.91. The zero-order valence-corrected chi connectivity index (χ0v) is 11.0. The molecule has 2 aromatic rings. The van der Waals surface area contributed by atoms with Crippen molar-refractivity contribution in [1.29, 1.82) is 0 Å². The van der Waals surface area contributed by atoms with Crippen LogP contribution in [0.5, 0.6) is 11.5 Å². The molecule has 0 atom stereocenters. The Hall–Kier alpha value is -2.50. The van der Waals surface area contributed by atoms with E-state index in [1.54, 1.807) is 24.3 Å². The molecule has 0 unspecified atom stereocenters. The molecule has 0 aromatic heterocycles. The Labute approximate surface area is 118 Å². The average molecular weight is 296 g/mol. The smallest absolute Gasteiger partial charge is 0.497 e. The van der Waals surface area contributed by atoms with Gasteiger partial charge in [-0.2, -0.15) is 0 Å². The minimum absolute atomic E-state index is 0.0996. The van der Waals surface area contributed by atoms with Gasteiger partial charge in [-0.25, -0.2) is 0 Å². The summed E-state index contributed by atoms with van der Waals surface area (Å²) in [5.41, 5.74) is 1.19. The van der Waals surface area contributed by atoms with E-state index in [1.165, 1.54) is 19.2 Å². The highest BCUT2D eigenvalue weighted by Crippen LogP contribution is 2.30. The third-order valence-corrected chi connectivity index (χ3v) is 2.72. The SMILES string of the molecule is COc1ccc(-c2cc(C=O)cc(OC(F)(F)F)c2)cc1. The number of hydrogen-bond acceptors (Lipinski definition) is 3. The zero-order valence-electron chi connectivity index (χ0n) is 11.0. The van der Waals surface area contributed by atoms with Gasteiger partial charge in [-0.05, 0) is 41.5 Å². The van der Waals surface area contributed by atoms with Gasteiger partial charge in [0.05, 0.1) is 7.11 Å². The van der Waals surface area contributed by atoms with E-state index in [0.717, 1.165) is 6.07 Å². The molecular weight excluding hydrogens is 285 g/mol. The summed E-state index contributed by atoms with van der Waals surface area (Å²) in [7, 11) is 1.51. The van der Waals surface area contributed by atoms with Crippen molar-refractivity contribution in [1.82, 2.24) is 0 Å². The topological polar surface area (TPSA) is 35.5 Å². The number of rotatable bonds is 4. The lowest BCUT2D eigenvalue weighted by Crippen LogP contribution is -2.17. The lowest BCUT2D eigenvalue weighted by Gasteiger charge is -2.11. The van der Waals surface area contributed by atoms with Crippen LogP contribution in [0, 0.1) is 0 Å². The highest BCUT2D eigenvalue weighted by Gasteiger charge is 2.31. The van der Waals surface area contributed by atoms with E-state index in [9.17, 15) is 18.0 Å². The monoisotopic (exact) mass is 296 g/mol. The van der Waals surface area contributed by atoms with Crippen molar-refractivity contribution in [3.8, 4) is 22.6 Å². The number of aldehydes is 1. The quantitative estimate of drug-likeness (QED) is 0.798. The molecule has 2 rings (SSSR count). The summed E-state index contributed by atoms with van der Waals surface area (Å²) in [6.45, 7) is 0. The Kier molecular flexibility index (Phi) is 4.16. The fourth-order valence-electron chi connectivity index (χ4n) is 1.83. The molecule has 0 amide bonds. The second kappa shape index (κ2) is 5.87. The molecular formula is C15H11F3O3. The van der Waals surface area contributed by atoms with E-state index in [1.807, 2.05) is 0 Å². The number of hydrogen-bond donors (Lipinski definition) is 0. The molecule has 0 fully saturated rings. The predicted molar refractivity (Wildman–Crippen MR) is 70.5 cm³/mol. The molecule has 0 saturated heterocycles. The minimum Gasteiger partial charge on any atom is -0.497 e. The fraction of sp³-hybridized carbons (Fsp3) is 0.133. The molecule has 0 heterocycles. The molecule has 2 aromatic carbocycles. The summed E-state index contributed by atoms with van der Waals surface area (Å²) in [6, 6.07) is 10.5. The van der Waals surface area contributed by atoms with E-state index in [0.29, 0.717) is 23.2 Å². The lowest BCUT2D eigenvalue weighted by molar-refractivity contribution is -0.274. The maximum Gasteiger partial charge on any atom is 0.573 e. The summed E-state index contributed by atoms with van der Waals surface area (Å²) in [5, 5.41) is 0. The Morgan fingerprint density at radius 2 is 1.62 bits per heavy atom. The van der Waals surface area contributed by atoms with Crippen LogP contribution in [-0.2, 0) is 0 Å². The second-order valence-corrected chi connectivity index (χ2v) is 4.18. The number of alkyl halides is 3. The normalized spacial score (nSPS) is 11.0. The van der Waals surface area contributed by atoms with E-state index in [2.05, 4.69) is 4.74 Å². The van der Waals surface area contributed by atoms with E-state index < -0.39 is 12.1 Å². The van der Waals surface area contributed by atoms with Gasteiger partial charge in [-0.15, -0.1) is 13.2 Å². The summed E-state index contributed by atoms with van der Waals surface area (Å²) in [5.74, 6) is 0.190. The maximum absolute atomic E-state index is 12.3. The van der Waals surface area contributed by atoms with Crippen molar-refractivity contribution >= 4 is 6.29 Å². The highest BCUT2D eigenvalue weighted by molar-refractivity contribution is 5.80. The predicted octanol–water partition coefficient (Wildman–Crippen LogP) is 4.07. The van der Waals surface area contributed by atoms with Gasteiger partial charge < -0.3 is 9.47 Å². The number of carbonyl (C=O) groups is 1. The molecule has 21 heavy (non-hydrogen) atoms. The molecule has 0 spiro atoms. The molecule has 0 N–H and O–H groups in total.